The van der Waals surface area contributed by atoms with Gasteiger partial charge in [0.1, 0.15) is 0 Å². The first-order chi connectivity index (χ1) is 5.81. The molecule has 11 heavy (non-hydrogen) atoms. The van der Waals surface area contributed by atoms with Gasteiger partial charge in [-0.25, -0.2) is 0 Å². The zero-order valence-corrected chi connectivity index (χ0v) is 7.16. The summed E-state index contributed by atoms with van der Waals surface area (Å²) in [4.78, 5) is 2.59. The standard InChI is InChI=1S/C8H17N3/c1-2-3-4-5-6-7-8-10-11-9/h2-8H2,1H3/i8D/t8-/m1/s1. The Morgan fingerprint density at radius 2 is 1.91 bits per heavy atom. The van der Waals surface area contributed by atoms with Crippen LogP contribution in [0, 0.1) is 0 Å². The molecule has 0 fully saturated rings. The van der Waals surface area contributed by atoms with Crippen molar-refractivity contribution in [2.75, 3.05) is 6.52 Å². The highest BCUT2D eigenvalue weighted by atomic mass is 15.1. The second-order valence-corrected chi connectivity index (χ2v) is 2.59. The first-order valence-corrected chi connectivity index (χ1v) is 4.27. The Balaban J connectivity index is 3.13. The van der Waals surface area contributed by atoms with Crippen molar-refractivity contribution in [3.8, 4) is 0 Å². The van der Waals surface area contributed by atoms with E-state index < -0.39 is 6.52 Å². The van der Waals surface area contributed by atoms with Crippen LogP contribution in [0.25, 0.3) is 10.4 Å². The lowest BCUT2D eigenvalue weighted by atomic mass is 10.1. The number of azide groups is 1. The van der Waals surface area contributed by atoms with Gasteiger partial charge in [-0.15, -0.1) is 0 Å². The van der Waals surface area contributed by atoms with Crippen molar-refractivity contribution >= 4 is 0 Å². The Bertz CT molecular complexity index is 143. The van der Waals surface area contributed by atoms with E-state index in [1.807, 2.05) is 0 Å². The molecule has 0 aromatic rings. The average Bonchev–Trinajstić information content (AvgIpc) is 2.05. The molecule has 0 aliphatic heterocycles. The van der Waals surface area contributed by atoms with Crippen molar-refractivity contribution in [3.63, 3.8) is 0 Å². The Kier molecular flexibility index (Phi) is 7.12. The smallest absolute Gasteiger partial charge is 0.0324 e. The van der Waals surface area contributed by atoms with E-state index in [4.69, 9.17) is 6.90 Å². The summed E-state index contributed by atoms with van der Waals surface area (Å²) in [5.41, 5.74) is 8.02. The maximum atomic E-state index is 8.02. The predicted octanol–water partition coefficient (Wildman–Crippen LogP) is 3.66. The molecule has 0 aliphatic carbocycles. The minimum Gasteiger partial charge on any atom is -0.0940 e. The van der Waals surface area contributed by atoms with Gasteiger partial charge in [-0.05, 0) is 12.0 Å². The molecule has 64 valence electrons. The van der Waals surface area contributed by atoms with Gasteiger partial charge in [-0.1, -0.05) is 44.1 Å². The fourth-order valence-electron chi connectivity index (χ4n) is 0.933. The molecular formula is C8H17N3. The van der Waals surface area contributed by atoms with Crippen molar-refractivity contribution in [2.45, 2.75) is 45.4 Å². The highest BCUT2D eigenvalue weighted by Gasteiger charge is 1.87. The quantitative estimate of drug-likeness (QED) is 0.234. The number of hydrogen-bond acceptors (Lipinski definition) is 1. The van der Waals surface area contributed by atoms with Gasteiger partial charge >= 0.3 is 0 Å². The highest BCUT2D eigenvalue weighted by molar-refractivity contribution is 4.48. The van der Waals surface area contributed by atoms with Crippen LogP contribution in [0.4, 0.5) is 0 Å². The molecule has 0 unspecified atom stereocenters. The number of unbranched alkanes of at least 4 members (excludes halogenated alkanes) is 4. The van der Waals surface area contributed by atoms with Gasteiger partial charge in [0, 0.05) is 12.8 Å². The van der Waals surface area contributed by atoms with Gasteiger partial charge in [0.2, 0.25) is 0 Å². The molecule has 0 N–H and O–H groups in total. The second-order valence-electron chi connectivity index (χ2n) is 2.59. The molecule has 0 spiro atoms. The van der Waals surface area contributed by atoms with E-state index in [1.54, 1.807) is 0 Å². The first kappa shape index (κ1) is 8.41. The highest BCUT2D eigenvalue weighted by Crippen LogP contribution is 2.04. The third-order valence-electron chi connectivity index (χ3n) is 1.57. The van der Waals surface area contributed by atoms with Crippen molar-refractivity contribution in [3.05, 3.63) is 10.4 Å². The number of nitrogens with zero attached hydrogens (tertiary/aromatic N) is 3. The Morgan fingerprint density at radius 3 is 2.55 bits per heavy atom. The fraction of sp³-hybridized carbons (Fsp3) is 1.00. The molecule has 0 aliphatic rings. The first-order valence-electron chi connectivity index (χ1n) is 4.85. The van der Waals surface area contributed by atoms with Crippen molar-refractivity contribution in [1.29, 1.82) is 0 Å². The van der Waals surface area contributed by atoms with Crippen LogP contribution < -0.4 is 0 Å². The summed E-state index contributed by atoms with van der Waals surface area (Å²) < 4.78 is 7.23. The monoisotopic (exact) mass is 156 g/mol. The normalized spacial score (nSPS) is 13.4. The van der Waals surface area contributed by atoms with Gasteiger partial charge in [0.15, 0.2) is 0 Å². The zero-order valence-electron chi connectivity index (χ0n) is 8.16. The Morgan fingerprint density at radius 1 is 1.27 bits per heavy atom. The molecule has 0 rings (SSSR count). The van der Waals surface area contributed by atoms with E-state index in [9.17, 15) is 0 Å². The molecule has 0 saturated heterocycles. The van der Waals surface area contributed by atoms with E-state index in [1.165, 1.54) is 19.3 Å². The third kappa shape index (κ3) is 9.31. The predicted molar refractivity (Wildman–Crippen MR) is 47.4 cm³/mol. The van der Waals surface area contributed by atoms with E-state index in [0.29, 0.717) is 6.42 Å². The van der Waals surface area contributed by atoms with E-state index in [-0.39, 0.29) is 0 Å². The largest absolute Gasteiger partial charge is 0.0940 e. The average molecular weight is 156 g/mol. The molecule has 3 nitrogen and oxygen atoms in total. The van der Waals surface area contributed by atoms with Crippen LogP contribution in [0.3, 0.4) is 0 Å². The lowest BCUT2D eigenvalue weighted by molar-refractivity contribution is 0.611. The molecule has 0 aromatic carbocycles. The maximum Gasteiger partial charge on any atom is 0.0324 e. The van der Waals surface area contributed by atoms with Crippen LogP contribution in [-0.4, -0.2) is 6.52 Å². The Labute approximate surface area is 69.8 Å². The second kappa shape index (κ2) is 9.31. The molecule has 0 radical (unpaired) electrons. The number of rotatable bonds is 7. The van der Waals surface area contributed by atoms with Crippen LogP contribution in [0.2, 0.25) is 0 Å². The molecule has 0 saturated carbocycles. The molecule has 0 heterocycles. The van der Waals surface area contributed by atoms with Gasteiger partial charge in [-0.3, -0.25) is 0 Å². The molecular weight excluding hydrogens is 138 g/mol. The molecule has 0 aromatic heterocycles. The van der Waals surface area contributed by atoms with Gasteiger partial charge in [-0.2, -0.15) is 0 Å². The lowest BCUT2D eigenvalue weighted by Gasteiger charge is -1.96. The summed E-state index contributed by atoms with van der Waals surface area (Å²) in [5.74, 6) is 0. The van der Waals surface area contributed by atoms with Crippen LogP contribution in [0.15, 0.2) is 5.11 Å². The minimum absolute atomic E-state index is 0.573. The van der Waals surface area contributed by atoms with E-state index in [2.05, 4.69) is 16.9 Å². The number of hydrogen-bond donors (Lipinski definition) is 0. The third-order valence-corrected chi connectivity index (χ3v) is 1.57. The van der Waals surface area contributed by atoms with Crippen LogP contribution in [0.5, 0.6) is 0 Å². The van der Waals surface area contributed by atoms with Crippen LogP contribution in [0.1, 0.15) is 46.8 Å². The summed E-state index contributed by atoms with van der Waals surface area (Å²) in [5, 5.41) is 3.29. The SMILES string of the molecule is [2H][C@H](CCCCCCC)N=[N+]=[N-]. The zero-order chi connectivity index (χ0) is 9.23. The van der Waals surface area contributed by atoms with Gasteiger partial charge in [0.25, 0.3) is 0 Å². The van der Waals surface area contributed by atoms with Crippen molar-refractivity contribution in [2.24, 2.45) is 5.11 Å². The summed E-state index contributed by atoms with van der Waals surface area (Å²) in [6, 6.07) is 0. The molecule has 0 amide bonds. The fourth-order valence-corrected chi connectivity index (χ4v) is 0.933. The van der Waals surface area contributed by atoms with E-state index >= 15 is 0 Å². The summed E-state index contributed by atoms with van der Waals surface area (Å²) >= 11 is 0. The topological polar surface area (TPSA) is 48.8 Å². The van der Waals surface area contributed by atoms with Gasteiger partial charge < -0.3 is 0 Å². The molecule has 1 atom stereocenters. The van der Waals surface area contributed by atoms with Gasteiger partial charge in [0.05, 0.1) is 0 Å². The summed E-state index contributed by atoms with van der Waals surface area (Å²) in [6.45, 7) is 1.60. The Hall–Kier alpha value is -0.690. The van der Waals surface area contributed by atoms with Crippen LogP contribution in [-0.2, 0) is 0 Å². The van der Waals surface area contributed by atoms with E-state index in [0.717, 1.165) is 12.8 Å². The maximum absolute atomic E-state index is 8.02. The van der Waals surface area contributed by atoms with Crippen molar-refractivity contribution < 1.29 is 1.37 Å². The van der Waals surface area contributed by atoms with Crippen molar-refractivity contribution in [1.82, 2.24) is 0 Å². The molecule has 0 bridgehead atoms. The minimum atomic E-state index is -0.573. The van der Waals surface area contributed by atoms with Crippen LogP contribution >= 0.6 is 0 Å². The summed E-state index contributed by atoms with van der Waals surface area (Å²) in [6.07, 6.45) is 6.61. The summed E-state index contributed by atoms with van der Waals surface area (Å²) in [7, 11) is 0. The lowest BCUT2D eigenvalue weighted by Crippen LogP contribution is -1.81. The molecule has 3 heteroatoms.